The highest BCUT2D eigenvalue weighted by molar-refractivity contribution is 4.99. The van der Waals surface area contributed by atoms with Crippen LogP contribution in [0.5, 0.6) is 0 Å². The van der Waals surface area contributed by atoms with Crippen molar-refractivity contribution in [3.05, 3.63) is 0 Å². The molecule has 1 saturated heterocycles. The van der Waals surface area contributed by atoms with Crippen LogP contribution in [-0.4, -0.2) is 37.0 Å². The molecule has 1 aliphatic rings. The molecule has 0 aromatic rings. The van der Waals surface area contributed by atoms with E-state index in [0.29, 0.717) is 12.1 Å². The summed E-state index contributed by atoms with van der Waals surface area (Å²) in [6, 6.07) is 0.828. The van der Waals surface area contributed by atoms with Crippen molar-refractivity contribution in [1.29, 1.82) is 0 Å². The van der Waals surface area contributed by atoms with Crippen molar-refractivity contribution in [1.82, 2.24) is 5.32 Å². The summed E-state index contributed by atoms with van der Waals surface area (Å²) in [5, 5.41) is 3.66. The van der Waals surface area contributed by atoms with Gasteiger partial charge >= 0.3 is 0 Å². The Morgan fingerprint density at radius 3 is 2.38 bits per heavy atom. The summed E-state index contributed by atoms with van der Waals surface area (Å²) in [5.74, 6) is 0. The van der Waals surface area contributed by atoms with E-state index >= 15 is 0 Å². The first-order valence-electron chi connectivity index (χ1n) is 6.26. The number of rotatable bonds is 5. The van der Waals surface area contributed by atoms with E-state index in [-0.39, 0.29) is 11.2 Å². The summed E-state index contributed by atoms with van der Waals surface area (Å²) in [6.07, 6.45) is 2.14. The molecule has 3 heteroatoms. The highest BCUT2D eigenvalue weighted by Crippen LogP contribution is 2.37. The Bertz CT molecular complexity index is 226. The summed E-state index contributed by atoms with van der Waals surface area (Å²) in [4.78, 5) is 0. The number of hydrogen-bond acceptors (Lipinski definition) is 3. The predicted molar refractivity (Wildman–Crippen MR) is 66.7 cm³/mol. The molecule has 1 fully saturated rings. The Balaban J connectivity index is 2.59. The van der Waals surface area contributed by atoms with Gasteiger partial charge in [-0.2, -0.15) is 0 Å². The first kappa shape index (κ1) is 13.9. The molecule has 0 aromatic carbocycles. The van der Waals surface area contributed by atoms with Crippen LogP contribution in [0.25, 0.3) is 0 Å². The van der Waals surface area contributed by atoms with Gasteiger partial charge in [0, 0.05) is 19.2 Å². The number of hydrogen-bond donors (Lipinski definition) is 1. The van der Waals surface area contributed by atoms with Gasteiger partial charge in [-0.15, -0.1) is 0 Å². The van der Waals surface area contributed by atoms with E-state index in [2.05, 4.69) is 39.9 Å². The minimum absolute atomic E-state index is 0.0213. The van der Waals surface area contributed by atoms with E-state index in [0.717, 1.165) is 19.4 Å². The highest BCUT2D eigenvalue weighted by atomic mass is 16.5. The number of nitrogens with one attached hydrogen (secondary N) is 1. The van der Waals surface area contributed by atoms with Crippen LogP contribution in [-0.2, 0) is 9.47 Å². The Hall–Kier alpha value is -0.120. The van der Waals surface area contributed by atoms with Crippen LogP contribution in [0.2, 0.25) is 0 Å². The molecule has 2 atom stereocenters. The lowest BCUT2D eigenvalue weighted by atomic mass is 9.93. The first-order chi connectivity index (χ1) is 7.30. The van der Waals surface area contributed by atoms with Gasteiger partial charge in [0.1, 0.15) is 0 Å². The van der Waals surface area contributed by atoms with Gasteiger partial charge < -0.3 is 14.8 Å². The van der Waals surface area contributed by atoms with E-state index in [9.17, 15) is 0 Å². The van der Waals surface area contributed by atoms with Gasteiger partial charge in [-0.1, -0.05) is 6.92 Å². The van der Waals surface area contributed by atoms with E-state index < -0.39 is 0 Å². The molecule has 0 aromatic heterocycles. The van der Waals surface area contributed by atoms with Crippen molar-refractivity contribution in [2.45, 2.75) is 70.7 Å². The quantitative estimate of drug-likeness (QED) is 0.785. The van der Waals surface area contributed by atoms with Crippen molar-refractivity contribution in [3.8, 4) is 0 Å². The lowest BCUT2D eigenvalue weighted by Crippen LogP contribution is -2.49. The van der Waals surface area contributed by atoms with Crippen LogP contribution < -0.4 is 5.32 Å². The molecule has 0 saturated carbocycles. The molecule has 0 radical (unpaired) electrons. The normalized spacial score (nSPS) is 29.2. The third kappa shape index (κ3) is 3.44. The predicted octanol–water partition coefficient (Wildman–Crippen LogP) is 2.35. The van der Waals surface area contributed by atoms with Crippen molar-refractivity contribution in [2.24, 2.45) is 0 Å². The highest BCUT2D eigenvalue weighted by Gasteiger charge is 2.46. The fourth-order valence-corrected chi connectivity index (χ4v) is 2.59. The van der Waals surface area contributed by atoms with Crippen molar-refractivity contribution in [2.75, 3.05) is 13.7 Å². The van der Waals surface area contributed by atoms with Crippen LogP contribution in [0.4, 0.5) is 0 Å². The van der Waals surface area contributed by atoms with Gasteiger partial charge in [0.15, 0.2) is 0 Å². The summed E-state index contributed by atoms with van der Waals surface area (Å²) >= 11 is 0. The maximum Gasteiger partial charge on any atom is 0.0787 e. The van der Waals surface area contributed by atoms with Gasteiger partial charge in [0.2, 0.25) is 0 Å². The van der Waals surface area contributed by atoms with Crippen molar-refractivity contribution in [3.63, 3.8) is 0 Å². The zero-order valence-electron chi connectivity index (χ0n) is 11.6. The van der Waals surface area contributed by atoms with Gasteiger partial charge in [0.05, 0.1) is 17.8 Å². The number of methoxy groups -OCH3 is 1. The minimum atomic E-state index is -0.0926. The second-order valence-corrected chi connectivity index (χ2v) is 5.95. The fraction of sp³-hybridized carbons (Fsp3) is 1.00. The molecule has 96 valence electrons. The molecule has 0 amide bonds. The van der Waals surface area contributed by atoms with E-state index in [1.54, 1.807) is 7.11 Å². The van der Waals surface area contributed by atoms with Gasteiger partial charge in [0.25, 0.3) is 0 Å². The van der Waals surface area contributed by atoms with Crippen LogP contribution in [0, 0.1) is 0 Å². The van der Waals surface area contributed by atoms with E-state index in [1.165, 1.54) is 0 Å². The van der Waals surface area contributed by atoms with Crippen LogP contribution in [0.15, 0.2) is 0 Å². The molecule has 0 spiro atoms. The Kier molecular flexibility index (Phi) is 4.38. The van der Waals surface area contributed by atoms with E-state index in [1.807, 2.05) is 0 Å². The standard InChI is InChI=1S/C13H27NO2/c1-7-10(9-15-6)14-11-8-12(2,3)16-13(11,4)5/h10-11,14H,7-9H2,1-6H3. The smallest absolute Gasteiger partial charge is 0.0787 e. The Morgan fingerprint density at radius 1 is 1.38 bits per heavy atom. The summed E-state index contributed by atoms with van der Waals surface area (Å²) < 4.78 is 11.3. The Morgan fingerprint density at radius 2 is 2.00 bits per heavy atom. The SMILES string of the molecule is CCC(COC)NC1CC(C)(C)OC1(C)C. The minimum Gasteiger partial charge on any atom is -0.383 e. The van der Waals surface area contributed by atoms with Gasteiger partial charge in [-0.25, -0.2) is 0 Å². The summed E-state index contributed by atoms with van der Waals surface area (Å²) in [7, 11) is 1.75. The maximum atomic E-state index is 6.07. The summed E-state index contributed by atoms with van der Waals surface area (Å²) in [5.41, 5.74) is -0.114. The van der Waals surface area contributed by atoms with Crippen LogP contribution in [0.3, 0.4) is 0 Å². The van der Waals surface area contributed by atoms with Gasteiger partial charge in [-0.3, -0.25) is 0 Å². The third-order valence-corrected chi connectivity index (χ3v) is 3.37. The van der Waals surface area contributed by atoms with Crippen molar-refractivity contribution >= 4 is 0 Å². The van der Waals surface area contributed by atoms with Crippen LogP contribution in [0.1, 0.15) is 47.5 Å². The molecular formula is C13H27NO2. The monoisotopic (exact) mass is 229 g/mol. The molecule has 3 nitrogen and oxygen atoms in total. The average Bonchev–Trinajstić information content (AvgIpc) is 2.33. The molecule has 1 heterocycles. The zero-order valence-corrected chi connectivity index (χ0v) is 11.6. The molecule has 1 N–H and O–H groups in total. The van der Waals surface area contributed by atoms with Crippen LogP contribution >= 0.6 is 0 Å². The molecule has 16 heavy (non-hydrogen) atoms. The largest absolute Gasteiger partial charge is 0.383 e. The second kappa shape index (κ2) is 5.03. The lowest BCUT2D eigenvalue weighted by Gasteiger charge is -2.30. The molecular weight excluding hydrogens is 202 g/mol. The number of ether oxygens (including phenoxy) is 2. The van der Waals surface area contributed by atoms with E-state index in [4.69, 9.17) is 9.47 Å². The molecule has 0 bridgehead atoms. The average molecular weight is 229 g/mol. The van der Waals surface area contributed by atoms with Gasteiger partial charge in [-0.05, 0) is 40.5 Å². The lowest BCUT2D eigenvalue weighted by molar-refractivity contribution is -0.0709. The maximum absolute atomic E-state index is 6.07. The second-order valence-electron chi connectivity index (χ2n) is 5.95. The first-order valence-corrected chi connectivity index (χ1v) is 6.26. The molecule has 0 aliphatic carbocycles. The topological polar surface area (TPSA) is 30.5 Å². The Labute approximate surface area is 99.9 Å². The third-order valence-electron chi connectivity index (χ3n) is 3.37. The van der Waals surface area contributed by atoms with Crippen molar-refractivity contribution < 1.29 is 9.47 Å². The molecule has 1 aliphatic heterocycles. The molecule has 2 unspecified atom stereocenters. The fourth-order valence-electron chi connectivity index (χ4n) is 2.59. The zero-order chi connectivity index (χ0) is 12.4. The molecule has 1 rings (SSSR count). The summed E-state index contributed by atoms with van der Waals surface area (Å²) in [6.45, 7) is 11.6.